The summed E-state index contributed by atoms with van der Waals surface area (Å²) < 4.78 is 212. The summed E-state index contributed by atoms with van der Waals surface area (Å²) in [4.78, 5) is 26.1. The van der Waals surface area contributed by atoms with Gasteiger partial charge in [0.15, 0.2) is 11.6 Å². The highest BCUT2D eigenvalue weighted by atomic mass is 20.0. The van der Waals surface area contributed by atoms with Crippen molar-refractivity contribution in [2.45, 2.75) is 37.5 Å². The van der Waals surface area contributed by atoms with Crippen LogP contribution in [0.15, 0.2) is 17.1 Å². The minimum Gasteiger partial charge on any atom is -0.492 e. The van der Waals surface area contributed by atoms with Gasteiger partial charge < -0.3 is 25.0 Å². The number of hydrogen-bond acceptors (Lipinski definition) is 5. The number of fused-ring (bicyclic) bond motifs is 1. The van der Waals surface area contributed by atoms with Gasteiger partial charge in [0.05, 0.1) is 24.1 Å². The summed E-state index contributed by atoms with van der Waals surface area (Å²) in [6, 6.07) is 0.343. The first-order chi connectivity index (χ1) is 25.3. The number of alkyl halides is 1. The molecule has 1 aromatic heterocycles. The Morgan fingerprint density at radius 3 is 1.51 bits per heavy atom. The number of aromatic carboxylic acids is 1. The van der Waals surface area contributed by atoms with Gasteiger partial charge in [0, 0.05) is 132 Å². The zero-order valence-corrected chi connectivity index (χ0v) is 25.2. The van der Waals surface area contributed by atoms with Crippen LogP contribution in [0, 0.1) is 17.7 Å². The third-order valence-corrected chi connectivity index (χ3v) is 6.63. The number of nitrogens with two attached hydrogens (primary N) is 1. The smallest absolute Gasteiger partial charge is 0.341 e. The van der Waals surface area contributed by atoms with Crippen molar-refractivity contribution in [1.29, 1.82) is 0 Å². The number of anilines is 1. The number of carboxylic acids is 1. The van der Waals surface area contributed by atoms with Gasteiger partial charge in [0.2, 0.25) is 5.43 Å². The predicted octanol–water partition coefficient (Wildman–Crippen LogP) is 11.7. The van der Waals surface area contributed by atoms with Gasteiger partial charge >= 0.3 is 5.97 Å². The number of benzene rings is 1. The first-order valence-electron chi connectivity index (χ1n) is 11.7. The van der Waals surface area contributed by atoms with Crippen LogP contribution in [0.25, 0.3) is 10.9 Å². The summed E-state index contributed by atoms with van der Waals surface area (Å²) in [7, 11) is 1.37. The van der Waals surface area contributed by atoms with E-state index in [1.807, 2.05) is 4.90 Å². The monoisotopic (exact) mass is 857 g/mol. The summed E-state index contributed by atoms with van der Waals surface area (Å²) in [5.41, 5.74) is 5.38. The van der Waals surface area contributed by atoms with Crippen LogP contribution in [0.2, 0.25) is 0 Å². The lowest BCUT2D eigenvalue weighted by atomic mass is 9.99. The van der Waals surface area contributed by atoms with E-state index in [1.54, 1.807) is 0 Å². The number of hydrogen-bond donors (Lipinski definition) is 2. The number of carboxylic acid groups (broad SMARTS) is 1. The maximum Gasteiger partial charge on any atom is 0.341 e. The van der Waals surface area contributed by atoms with Crippen molar-refractivity contribution in [1.82, 2.24) is 4.57 Å². The van der Waals surface area contributed by atoms with Crippen molar-refractivity contribution >= 4 is 22.6 Å². The van der Waals surface area contributed by atoms with E-state index in [4.69, 9.17) is 111 Å². The first-order valence-corrected chi connectivity index (χ1v) is 11.7. The Morgan fingerprint density at radius 2 is 1.19 bits per heavy atom. The molecule has 3 fully saturated rings. The van der Waals surface area contributed by atoms with Gasteiger partial charge in [-0.2, -0.15) is 0 Å². The summed E-state index contributed by atoms with van der Waals surface area (Å²) in [6.45, 7) is 1.03. The van der Waals surface area contributed by atoms with Crippen molar-refractivity contribution in [2.24, 2.45) is 17.6 Å². The Hall–Kier alpha value is -4.29. The molecule has 0 amide bonds. The van der Waals surface area contributed by atoms with Crippen LogP contribution >= 0.6 is 0 Å². The summed E-state index contributed by atoms with van der Waals surface area (Å²) in [6.07, 6.45) is 2.44. The largest absolute Gasteiger partial charge is 0.492 e. The van der Waals surface area contributed by atoms with E-state index in [2.05, 4.69) is 0 Å². The van der Waals surface area contributed by atoms with E-state index < -0.39 is 35.0 Å². The van der Waals surface area contributed by atoms with Crippen LogP contribution in [0.4, 0.5) is 120 Å². The lowest BCUT2D eigenvalue weighted by molar-refractivity contribution is 0.0694. The number of rotatable bonds is 5. The van der Waals surface area contributed by atoms with Crippen LogP contribution in [-0.2, 0) is 0 Å². The minimum absolute atomic E-state index is 0. The van der Waals surface area contributed by atoms with E-state index in [0.717, 1.165) is 25.1 Å². The second-order valence-electron chi connectivity index (χ2n) is 8.61. The molecule has 5 rings (SSSR count). The lowest BCUT2D eigenvalue weighted by Crippen LogP contribution is -2.30. The van der Waals surface area contributed by atoms with Gasteiger partial charge in [-0.15, -0.1) is 0 Å². The number of pyridine rings is 1. The normalized spacial score (nSPS) is 17.2. The molecule has 2 aliphatic carbocycles. The molecule has 2 saturated carbocycles. The molecule has 1 aliphatic heterocycles. The number of carbonyl (C=O) groups is 1. The molecule has 2 heterocycles. The van der Waals surface area contributed by atoms with E-state index in [1.165, 1.54) is 11.7 Å². The molecule has 4 atom stereocenters. The molecule has 0 spiro atoms. The topological polar surface area (TPSA) is 97.8 Å². The Kier molecular flexibility index (Phi) is 55.4. The maximum absolute atomic E-state index is 15.3. The maximum atomic E-state index is 15.3. The van der Waals surface area contributed by atoms with Crippen LogP contribution in [0.5, 0.6) is 5.75 Å². The third-order valence-electron chi connectivity index (χ3n) is 6.63. The summed E-state index contributed by atoms with van der Waals surface area (Å²) >= 11 is 0. The zero-order valence-electron chi connectivity index (χ0n) is 25.2. The van der Waals surface area contributed by atoms with Gasteiger partial charge in [-0.25, -0.2) is 13.6 Å². The van der Waals surface area contributed by atoms with Gasteiger partial charge in [-0.1, -0.05) is 0 Å². The van der Waals surface area contributed by atoms with E-state index in [-0.39, 0.29) is 45.4 Å². The molecule has 0 radical (unpaired) electrons. The Bertz CT molecular complexity index is 1160. The lowest BCUT2D eigenvalue weighted by Gasteiger charge is -2.24. The molecule has 3 aliphatic rings. The first kappa shape index (κ1) is 66.9. The van der Waals surface area contributed by atoms with Gasteiger partial charge in [0.1, 0.15) is 17.4 Å². The highest BCUT2D eigenvalue weighted by molar-refractivity contribution is 5.97. The van der Waals surface area contributed by atoms with Crippen molar-refractivity contribution in [2.75, 3.05) is 25.1 Å². The number of ether oxygens (including phenoxy) is 1. The number of aromatic nitrogens is 1. The zero-order chi connectivity index (χ0) is 43.3. The number of methoxy groups -OCH3 is 1. The van der Waals surface area contributed by atoms with Gasteiger partial charge in [-0.3, -0.25) is 9.50 Å². The van der Waals surface area contributed by atoms with Gasteiger partial charge in [0.25, 0.3) is 0 Å². The fourth-order valence-corrected chi connectivity index (χ4v) is 4.84. The Morgan fingerprint density at radius 1 is 0.792 bits per heavy atom. The minimum atomic E-state index is -1.44. The molecule has 1 aromatic carbocycles. The predicted molar refractivity (Wildman–Crippen MR) is 134 cm³/mol. The molecule has 1 saturated heterocycles. The highest BCUT2D eigenvalue weighted by Gasteiger charge is 2.44. The molecule has 0 unspecified atom stereocenters. The Labute approximate surface area is 276 Å². The molecule has 2 aromatic rings. The number of nitrogens with zero attached hydrogens (tertiary/aromatic N) is 2. The van der Waals surface area contributed by atoms with Crippen molar-refractivity contribution in [3.63, 3.8) is 0 Å². The van der Waals surface area contributed by atoms with Crippen molar-refractivity contribution < 1.29 is 129 Å². The molecule has 322 valence electrons. The van der Waals surface area contributed by atoms with E-state index in [9.17, 15) is 19.1 Å². The standard InChI is InChI=1S/C21H23F2N3O4.11F2.FH/c1-30-20-17-10(19(27)12(21(28)29)7-26(17)16-5-13(16)22)4-14(23)18(20)25-6-11(9-2-3-9)15(24)8-25;11*1-2;/h4,7,9,11,13,15-16H,2-3,5-6,8,24H2,1H3,(H,28,29);;;;;;;;;;;;1H/t11-,13+,15-,16-;;;;;;;;;;;;/m1............/s1. The molecule has 53 heavy (non-hydrogen) atoms. The van der Waals surface area contributed by atoms with Crippen LogP contribution in [0.3, 0.4) is 0 Å². The van der Waals surface area contributed by atoms with Crippen LogP contribution in [-0.4, -0.2) is 48.1 Å². The second kappa shape index (κ2) is 43.9. The number of halogens is 25. The molecule has 7 nitrogen and oxygen atoms in total. The summed E-state index contributed by atoms with van der Waals surface area (Å²) in [5.74, 6) is -1.19. The van der Waals surface area contributed by atoms with E-state index >= 15 is 4.39 Å². The molecular weight excluding hydrogens is 833 g/mol. The molecule has 3 N–H and O–H groups in total. The fourth-order valence-electron chi connectivity index (χ4n) is 4.84. The summed E-state index contributed by atoms with van der Waals surface area (Å²) in [5, 5.41) is 9.27. The molecule has 32 heteroatoms. The quantitative estimate of drug-likeness (QED) is 0.291. The second-order valence-corrected chi connectivity index (χ2v) is 8.61. The fraction of sp³-hybridized carbons (Fsp3) is 0.524. The van der Waals surface area contributed by atoms with Gasteiger partial charge in [-0.05, 0) is 30.7 Å². The molecule has 0 bridgehead atoms. The average molecular weight is 857 g/mol. The third kappa shape index (κ3) is 19.9. The van der Waals surface area contributed by atoms with Crippen LogP contribution in [0.1, 0.15) is 35.7 Å². The van der Waals surface area contributed by atoms with E-state index in [0.29, 0.717) is 19.0 Å². The Balaban J connectivity index is -0.000000127. The highest BCUT2D eigenvalue weighted by Crippen LogP contribution is 2.47. The van der Waals surface area contributed by atoms with Crippen molar-refractivity contribution in [3.05, 3.63) is 33.9 Å². The SMILES string of the molecule is COc1c(N2C[C@@H](N)[C@@H](C3CC3)C2)c(F)cc2c(=O)c(C(=O)O)cn([C@@H]3C[C@@H]3F)c12.F.FF.FF.FF.FF.FF.FF.FF.FF.FF.FF.FF. The van der Waals surface area contributed by atoms with Crippen LogP contribution < -0.4 is 20.8 Å². The van der Waals surface area contributed by atoms with Crippen molar-refractivity contribution in [3.8, 4) is 5.75 Å². The molecular formula is C21H24F25N3O4. The average Bonchev–Trinajstić information content (AvgIpc) is 4.18.